The van der Waals surface area contributed by atoms with Gasteiger partial charge in [0.05, 0.1) is 11.9 Å². The Morgan fingerprint density at radius 2 is 1.39 bits per heavy atom. The predicted octanol–water partition coefficient (Wildman–Crippen LogP) is 6.35. The molecule has 3 aromatic carbocycles. The summed E-state index contributed by atoms with van der Waals surface area (Å²) in [4.78, 5) is 12.9. The standard InChI is InChI=1S/C31H34N2O4S/c1-38(35,36)33(21-30(34)32-26-9-13-29(14-10-26)37-28-5-3-2-4-6-28)27-11-7-25(8-12-27)31-18-22-15-23(19-31)17-24(16-22)20-31/h2-14,22-24H,15-21H2,1H3,(H,32,34). The van der Waals surface area contributed by atoms with Crippen LogP contribution in [-0.4, -0.2) is 27.1 Å². The number of ether oxygens (including phenoxy) is 1. The van der Waals surface area contributed by atoms with Gasteiger partial charge in [-0.2, -0.15) is 0 Å². The number of carbonyl (C=O) groups excluding carboxylic acids is 1. The second-order valence-electron chi connectivity index (χ2n) is 11.5. The van der Waals surface area contributed by atoms with Gasteiger partial charge >= 0.3 is 0 Å². The molecule has 0 saturated heterocycles. The number of hydrogen-bond acceptors (Lipinski definition) is 4. The lowest BCUT2D eigenvalue weighted by Gasteiger charge is -2.57. The highest BCUT2D eigenvalue weighted by Gasteiger charge is 2.51. The van der Waals surface area contributed by atoms with Crippen molar-refractivity contribution in [3.63, 3.8) is 0 Å². The molecule has 4 bridgehead atoms. The minimum atomic E-state index is -3.65. The van der Waals surface area contributed by atoms with Crippen LogP contribution in [0.25, 0.3) is 0 Å². The van der Waals surface area contributed by atoms with Gasteiger partial charge in [0.1, 0.15) is 18.0 Å². The first-order valence-corrected chi connectivity index (χ1v) is 15.3. The number of hydrogen-bond donors (Lipinski definition) is 1. The first kappa shape index (κ1) is 25.0. The third-order valence-electron chi connectivity index (χ3n) is 8.61. The number of carbonyl (C=O) groups is 1. The van der Waals surface area contributed by atoms with Crippen LogP contribution in [0.4, 0.5) is 11.4 Å². The predicted molar refractivity (Wildman–Crippen MR) is 150 cm³/mol. The van der Waals surface area contributed by atoms with Crippen LogP contribution in [0, 0.1) is 17.8 Å². The minimum absolute atomic E-state index is 0.247. The summed E-state index contributed by atoms with van der Waals surface area (Å²) in [6.45, 7) is -0.294. The van der Waals surface area contributed by atoms with E-state index < -0.39 is 15.9 Å². The Kier molecular flexibility index (Phi) is 6.42. The van der Waals surface area contributed by atoms with Crippen molar-refractivity contribution >= 4 is 27.3 Å². The molecule has 0 spiro atoms. The number of benzene rings is 3. The third kappa shape index (κ3) is 5.17. The van der Waals surface area contributed by atoms with Crippen LogP contribution in [0.3, 0.4) is 0 Å². The molecule has 0 aliphatic heterocycles. The number of para-hydroxylation sites is 1. The fourth-order valence-electron chi connectivity index (χ4n) is 7.41. The molecular formula is C31H34N2O4S. The van der Waals surface area contributed by atoms with Gasteiger partial charge in [0.15, 0.2) is 0 Å². The summed E-state index contributed by atoms with van der Waals surface area (Å²) in [5.41, 5.74) is 2.66. The molecule has 0 unspecified atom stereocenters. The molecular weight excluding hydrogens is 496 g/mol. The van der Waals surface area contributed by atoms with E-state index in [1.54, 1.807) is 24.3 Å². The summed E-state index contributed by atoms with van der Waals surface area (Å²) < 4.78 is 32.3. The fourth-order valence-corrected chi connectivity index (χ4v) is 8.26. The van der Waals surface area contributed by atoms with E-state index in [0.29, 0.717) is 17.1 Å². The van der Waals surface area contributed by atoms with E-state index in [4.69, 9.17) is 4.74 Å². The van der Waals surface area contributed by atoms with Gasteiger partial charge < -0.3 is 10.1 Å². The average molecular weight is 531 g/mol. The lowest BCUT2D eigenvalue weighted by Crippen LogP contribution is -2.48. The summed E-state index contributed by atoms with van der Waals surface area (Å²) in [6.07, 6.45) is 9.07. The van der Waals surface area contributed by atoms with Crippen LogP contribution < -0.4 is 14.4 Å². The smallest absolute Gasteiger partial charge is 0.245 e. The lowest BCUT2D eigenvalue weighted by molar-refractivity contribution is -0.114. The Morgan fingerprint density at radius 3 is 1.95 bits per heavy atom. The molecule has 1 N–H and O–H groups in total. The van der Waals surface area contributed by atoms with Gasteiger partial charge in [-0.15, -0.1) is 0 Å². The van der Waals surface area contributed by atoms with Crippen LogP contribution >= 0.6 is 0 Å². The summed E-state index contributed by atoms with van der Waals surface area (Å²) in [7, 11) is -3.65. The lowest BCUT2D eigenvalue weighted by atomic mass is 9.48. The van der Waals surface area contributed by atoms with E-state index in [0.717, 1.165) is 29.8 Å². The van der Waals surface area contributed by atoms with Crippen LogP contribution in [-0.2, 0) is 20.2 Å². The Balaban J connectivity index is 1.13. The minimum Gasteiger partial charge on any atom is -0.457 e. The van der Waals surface area contributed by atoms with Crippen molar-refractivity contribution < 1.29 is 17.9 Å². The molecule has 0 aromatic heterocycles. The highest BCUT2D eigenvalue weighted by Crippen LogP contribution is 2.60. The molecule has 3 aromatic rings. The average Bonchev–Trinajstić information content (AvgIpc) is 2.88. The largest absolute Gasteiger partial charge is 0.457 e. The molecule has 0 atom stereocenters. The molecule has 38 heavy (non-hydrogen) atoms. The van der Waals surface area contributed by atoms with Gasteiger partial charge in [-0.25, -0.2) is 8.42 Å². The van der Waals surface area contributed by atoms with Crippen molar-refractivity contribution in [3.8, 4) is 11.5 Å². The molecule has 7 rings (SSSR count). The van der Waals surface area contributed by atoms with E-state index in [9.17, 15) is 13.2 Å². The summed E-state index contributed by atoms with van der Waals surface area (Å²) in [6, 6.07) is 24.4. The molecule has 4 saturated carbocycles. The molecule has 0 heterocycles. The summed E-state index contributed by atoms with van der Waals surface area (Å²) in [5, 5.41) is 2.81. The van der Waals surface area contributed by atoms with E-state index >= 15 is 0 Å². The summed E-state index contributed by atoms with van der Waals surface area (Å²) >= 11 is 0. The van der Waals surface area contributed by atoms with Crippen LogP contribution in [0.2, 0.25) is 0 Å². The van der Waals surface area contributed by atoms with Crippen molar-refractivity contribution in [2.45, 2.75) is 43.9 Å². The molecule has 4 aliphatic carbocycles. The van der Waals surface area contributed by atoms with E-state index in [1.807, 2.05) is 42.5 Å². The maximum Gasteiger partial charge on any atom is 0.245 e. The Hall–Kier alpha value is -3.32. The molecule has 6 nitrogen and oxygen atoms in total. The maximum absolute atomic E-state index is 12.9. The topological polar surface area (TPSA) is 75.7 Å². The van der Waals surface area contributed by atoms with Gasteiger partial charge in [0.25, 0.3) is 0 Å². The van der Waals surface area contributed by atoms with Crippen molar-refractivity contribution in [1.82, 2.24) is 0 Å². The quantitative estimate of drug-likeness (QED) is 0.368. The Labute approximate surface area is 225 Å². The molecule has 0 radical (unpaired) electrons. The monoisotopic (exact) mass is 530 g/mol. The van der Waals surface area contributed by atoms with Crippen molar-refractivity contribution in [2.24, 2.45) is 17.8 Å². The molecule has 1 amide bonds. The zero-order chi connectivity index (χ0) is 26.3. The van der Waals surface area contributed by atoms with E-state index in [-0.39, 0.29) is 12.0 Å². The van der Waals surface area contributed by atoms with E-state index in [1.165, 1.54) is 48.4 Å². The number of nitrogens with one attached hydrogen (secondary N) is 1. The van der Waals surface area contributed by atoms with Crippen molar-refractivity contribution in [1.29, 1.82) is 0 Å². The highest BCUT2D eigenvalue weighted by atomic mass is 32.2. The van der Waals surface area contributed by atoms with Gasteiger partial charge in [0, 0.05) is 5.69 Å². The SMILES string of the molecule is CS(=O)(=O)N(CC(=O)Nc1ccc(Oc2ccccc2)cc1)c1ccc(C23CC4CC(CC(C4)C2)C3)cc1. The number of sulfonamides is 1. The fraction of sp³-hybridized carbons (Fsp3) is 0.387. The zero-order valence-corrected chi connectivity index (χ0v) is 22.5. The Bertz CT molecular complexity index is 1370. The zero-order valence-electron chi connectivity index (χ0n) is 21.7. The Morgan fingerprint density at radius 1 is 0.842 bits per heavy atom. The number of anilines is 2. The van der Waals surface area contributed by atoms with Crippen molar-refractivity contribution in [2.75, 3.05) is 22.4 Å². The molecule has 4 aliphatic rings. The highest BCUT2D eigenvalue weighted by molar-refractivity contribution is 7.92. The number of rotatable bonds is 8. The van der Waals surface area contributed by atoms with Gasteiger partial charge in [-0.1, -0.05) is 30.3 Å². The first-order valence-electron chi connectivity index (χ1n) is 13.5. The van der Waals surface area contributed by atoms with Gasteiger partial charge in [0.2, 0.25) is 15.9 Å². The van der Waals surface area contributed by atoms with Gasteiger partial charge in [-0.05, 0) is 116 Å². The number of nitrogens with zero attached hydrogens (tertiary/aromatic N) is 1. The molecule has 198 valence electrons. The second kappa shape index (κ2) is 9.77. The third-order valence-corrected chi connectivity index (χ3v) is 9.75. The van der Waals surface area contributed by atoms with Crippen LogP contribution in [0.1, 0.15) is 44.1 Å². The summed E-state index contributed by atoms with van der Waals surface area (Å²) in [5.74, 6) is 3.49. The molecule has 7 heteroatoms. The number of amides is 1. The second-order valence-corrected chi connectivity index (χ2v) is 13.4. The maximum atomic E-state index is 12.9. The van der Waals surface area contributed by atoms with Crippen LogP contribution in [0.15, 0.2) is 78.9 Å². The molecule has 4 fully saturated rings. The first-order chi connectivity index (χ1) is 18.3. The van der Waals surface area contributed by atoms with E-state index in [2.05, 4.69) is 17.4 Å². The van der Waals surface area contributed by atoms with Crippen LogP contribution in [0.5, 0.6) is 11.5 Å². The van der Waals surface area contributed by atoms with Gasteiger partial charge in [-0.3, -0.25) is 9.10 Å². The van der Waals surface area contributed by atoms with Crippen molar-refractivity contribution in [3.05, 3.63) is 84.4 Å². The normalized spacial score (nSPS) is 25.7.